The first-order valence-electron chi connectivity index (χ1n) is 6.14. The topological polar surface area (TPSA) is 46.2 Å². The summed E-state index contributed by atoms with van der Waals surface area (Å²) in [5.74, 6) is 0.0904. The van der Waals surface area contributed by atoms with Crippen molar-refractivity contribution in [3.05, 3.63) is 0 Å². The highest BCUT2D eigenvalue weighted by molar-refractivity contribution is 6.00. The van der Waals surface area contributed by atoms with Crippen molar-refractivity contribution in [1.29, 1.82) is 0 Å². The average Bonchev–Trinajstić information content (AvgIpc) is 2.82. The second-order valence-electron chi connectivity index (χ2n) is 6.29. The maximum atomic E-state index is 12.0. The minimum absolute atomic E-state index is 0.0299. The van der Waals surface area contributed by atoms with Crippen LogP contribution in [0.3, 0.4) is 0 Å². The van der Waals surface area contributed by atoms with Gasteiger partial charge in [0.15, 0.2) is 0 Å². The average molecular weight is 223 g/mol. The molecular weight excluding hydrogens is 202 g/mol. The van der Waals surface area contributed by atoms with Gasteiger partial charge in [-0.05, 0) is 29.6 Å². The number of hydrogen-bond acceptors (Lipinski definition) is 2. The smallest absolute Gasteiger partial charge is 0.230 e. The quantitative estimate of drug-likeness (QED) is 0.729. The maximum Gasteiger partial charge on any atom is 0.230 e. The van der Waals surface area contributed by atoms with Crippen molar-refractivity contribution in [1.82, 2.24) is 5.32 Å². The van der Waals surface area contributed by atoms with Crippen molar-refractivity contribution >= 4 is 11.8 Å². The lowest BCUT2D eigenvalue weighted by Crippen LogP contribution is -2.55. The molecule has 0 radical (unpaired) electrons. The molecule has 0 aromatic rings. The third-order valence-electron chi connectivity index (χ3n) is 4.80. The van der Waals surface area contributed by atoms with Crippen LogP contribution < -0.4 is 5.32 Å². The third-order valence-corrected chi connectivity index (χ3v) is 4.80. The molecule has 1 heterocycles. The summed E-state index contributed by atoms with van der Waals surface area (Å²) in [7, 11) is 0. The third kappa shape index (κ3) is 1.48. The first-order chi connectivity index (χ1) is 7.30. The van der Waals surface area contributed by atoms with E-state index in [0.717, 1.165) is 12.8 Å². The Hall–Kier alpha value is -0.860. The molecule has 1 aliphatic heterocycles. The lowest BCUT2D eigenvalue weighted by molar-refractivity contribution is -0.148. The molecule has 1 N–H and O–H groups in total. The normalized spacial score (nSPS) is 37.4. The lowest BCUT2D eigenvalue weighted by atomic mass is 9.59. The predicted molar refractivity (Wildman–Crippen MR) is 61.5 cm³/mol. The summed E-state index contributed by atoms with van der Waals surface area (Å²) < 4.78 is 0. The van der Waals surface area contributed by atoms with E-state index in [2.05, 4.69) is 33.0 Å². The second kappa shape index (κ2) is 3.31. The summed E-state index contributed by atoms with van der Waals surface area (Å²) in [6, 6.07) is 0. The van der Waals surface area contributed by atoms with E-state index in [1.807, 2.05) is 0 Å². The molecule has 3 heteroatoms. The molecule has 16 heavy (non-hydrogen) atoms. The minimum Gasteiger partial charge on any atom is -0.296 e. The molecule has 0 spiro atoms. The number of carbonyl (C=O) groups excluding carboxylic acids is 2. The van der Waals surface area contributed by atoms with E-state index in [-0.39, 0.29) is 34.5 Å². The fraction of sp³-hybridized carbons (Fsp3) is 0.846. The fourth-order valence-electron chi connectivity index (χ4n) is 3.38. The number of rotatable bonds is 2. The molecule has 2 atom stereocenters. The van der Waals surface area contributed by atoms with E-state index in [1.165, 1.54) is 0 Å². The molecule has 3 nitrogen and oxygen atoms in total. The van der Waals surface area contributed by atoms with Gasteiger partial charge in [0.2, 0.25) is 11.8 Å². The Morgan fingerprint density at radius 1 is 1.25 bits per heavy atom. The van der Waals surface area contributed by atoms with Crippen LogP contribution in [0.25, 0.3) is 0 Å². The van der Waals surface area contributed by atoms with Crippen molar-refractivity contribution in [2.75, 3.05) is 0 Å². The molecule has 0 aromatic carbocycles. The SMILES string of the molecule is CC(C)C1C(=O)NC(=O)CC1(C)C1(C)CC1. The number of amides is 2. The molecule has 2 fully saturated rings. The van der Waals surface area contributed by atoms with E-state index < -0.39 is 0 Å². The van der Waals surface area contributed by atoms with E-state index in [1.54, 1.807) is 0 Å². The van der Waals surface area contributed by atoms with Gasteiger partial charge in [0.1, 0.15) is 0 Å². The van der Waals surface area contributed by atoms with Gasteiger partial charge in [-0.2, -0.15) is 0 Å². The molecule has 2 amide bonds. The van der Waals surface area contributed by atoms with Crippen molar-refractivity contribution in [3.63, 3.8) is 0 Å². The largest absolute Gasteiger partial charge is 0.296 e. The summed E-state index contributed by atoms with van der Waals surface area (Å²) in [6.07, 6.45) is 2.79. The van der Waals surface area contributed by atoms with E-state index in [0.29, 0.717) is 6.42 Å². The van der Waals surface area contributed by atoms with Crippen LogP contribution in [0.5, 0.6) is 0 Å². The van der Waals surface area contributed by atoms with Gasteiger partial charge in [0, 0.05) is 12.3 Å². The van der Waals surface area contributed by atoms with Crippen LogP contribution in [0.4, 0.5) is 0 Å². The van der Waals surface area contributed by atoms with Crippen LogP contribution in [0, 0.1) is 22.7 Å². The molecule has 1 saturated heterocycles. The van der Waals surface area contributed by atoms with E-state index in [4.69, 9.17) is 0 Å². The lowest BCUT2D eigenvalue weighted by Gasteiger charge is -2.46. The van der Waals surface area contributed by atoms with Crippen LogP contribution in [0.15, 0.2) is 0 Å². The predicted octanol–water partition coefficient (Wildman–Crippen LogP) is 2.11. The Morgan fingerprint density at radius 3 is 2.25 bits per heavy atom. The molecule has 2 rings (SSSR count). The molecule has 0 aromatic heterocycles. The summed E-state index contributed by atoms with van der Waals surface area (Å²) in [6.45, 7) is 8.49. The highest BCUT2D eigenvalue weighted by atomic mass is 16.2. The number of imide groups is 1. The van der Waals surface area contributed by atoms with Crippen molar-refractivity contribution in [2.24, 2.45) is 22.7 Å². The summed E-state index contributed by atoms with van der Waals surface area (Å²) in [5.41, 5.74) is 0.0376. The second-order valence-corrected chi connectivity index (χ2v) is 6.29. The Labute approximate surface area is 97.0 Å². The minimum atomic E-state index is -0.152. The number of carbonyl (C=O) groups is 2. The van der Waals surface area contributed by atoms with Gasteiger partial charge in [0.05, 0.1) is 0 Å². The number of nitrogens with one attached hydrogen (secondary N) is 1. The summed E-state index contributed by atoms with van der Waals surface area (Å²) in [4.78, 5) is 23.6. The number of hydrogen-bond donors (Lipinski definition) is 1. The summed E-state index contributed by atoms with van der Waals surface area (Å²) in [5, 5.41) is 2.49. The molecule has 90 valence electrons. The van der Waals surface area contributed by atoms with Gasteiger partial charge in [-0.1, -0.05) is 27.7 Å². The van der Waals surface area contributed by atoms with Gasteiger partial charge in [-0.25, -0.2) is 0 Å². The van der Waals surface area contributed by atoms with E-state index in [9.17, 15) is 9.59 Å². The zero-order valence-electron chi connectivity index (χ0n) is 10.6. The van der Waals surface area contributed by atoms with Crippen molar-refractivity contribution < 1.29 is 9.59 Å². The Balaban J connectivity index is 2.38. The van der Waals surface area contributed by atoms with Crippen LogP contribution in [-0.4, -0.2) is 11.8 Å². The highest BCUT2D eigenvalue weighted by Crippen LogP contribution is 2.64. The number of piperidine rings is 1. The van der Waals surface area contributed by atoms with Crippen LogP contribution in [0.1, 0.15) is 47.0 Å². The molecule has 0 bridgehead atoms. The molecular formula is C13H21NO2. The van der Waals surface area contributed by atoms with Gasteiger partial charge < -0.3 is 0 Å². The Bertz CT molecular complexity index is 344. The van der Waals surface area contributed by atoms with Gasteiger partial charge in [-0.15, -0.1) is 0 Å². The van der Waals surface area contributed by atoms with Crippen molar-refractivity contribution in [3.8, 4) is 0 Å². The zero-order chi connectivity index (χ0) is 12.1. The van der Waals surface area contributed by atoms with Crippen molar-refractivity contribution in [2.45, 2.75) is 47.0 Å². The molecule has 1 saturated carbocycles. The summed E-state index contributed by atoms with van der Waals surface area (Å²) >= 11 is 0. The van der Waals surface area contributed by atoms with Crippen LogP contribution >= 0.6 is 0 Å². The molecule has 2 aliphatic rings. The van der Waals surface area contributed by atoms with Gasteiger partial charge in [0.25, 0.3) is 0 Å². The van der Waals surface area contributed by atoms with Gasteiger partial charge in [-0.3, -0.25) is 14.9 Å². The maximum absolute atomic E-state index is 12.0. The molecule has 1 aliphatic carbocycles. The monoisotopic (exact) mass is 223 g/mol. The van der Waals surface area contributed by atoms with E-state index >= 15 is 0 Å². The Morgan fingerprint density at radius 2 is 1.81 bits per heavy atom. The first kappa shape index (κ1) is 11.6. The zero-order valence-corrected chi connectivity index (χ0v) is 10.6. The van der Waals surface area contributed by atoms with Crippen LogP contribution in [0.2, 0.25) is 0 Å². The van der Waals surface area contributed by atoms with Gasteiger partial charge >= 0.3 is 0 Å². The fourth-order valence-corrected chi connectivity index (χ4v) is 3.38. The Kier molecular flexibility index (Phi) is 2.41. The standard InChI is InChI=1S/C13H21NO2/c1-8(2)10-11(16)14-9(15)7-13(10,4)12(3)5-6-12/h8,10H,5-7H2,1-4H3,(H,14,15,16). The first-order valence-corrected chi connectivity index (χ1v) is 6.14. The highest BCUT2D eigenvalue weighted by Gasteiger charge is 2.61. The van der Waals surface area contributed by atoms with Crippen LogP contribution in [-0.2, 0) is 9.59 Å². The molecule has 2 unspecified atom stereocenters.